The summed E-state index contributed by atoms with van der Waals surface area (Å²) in [6.45, 7) is 5.56. The molecule has 0 aliphatic carbocycles. The van der Waals surface area contributed by atoms with E-state index in [9.17, 15) is 4.21 Å². The molecule has 1 N–H and O–H groups in total. The third-order valence-corrected chi connectivity index (χ3v) is 4.01. The van der Waals surface area contributed by atoms with E-state index in [1.54, 1.807) is 0 Å². The van der Waals surface area contributed by atoms with Gasteiger partial charge in [-0.1, -0.05) is 0 Å². The van der Waals surface area contributed by atoms with Crippen LogP contribution in [0.15, 0.2) is 11.2 Å². The summed E-state index contributed by atoms with van der Waals surface area (Å²) >= 11 is 0. The molecule has 0 radical (unpaired) electrons. The Kier molecular flexibility index (Phi) is 3.11. The van der Waals surface area contributed by atoms with Crippen molar-refractivity contribution in [2.24, 2.45) is 0 Å². The number of rotatable bonds is 2. The molecule has 2 heterocycles. The molecule has 2 atom stereocenters. The van der Waals surface area contributed by atoms with Gasteiger partial charge in [-0.05, 0) is 32.9 Å². The molecular formula is C10H15N3OS. The standard InChI is InChI=1S/C10H15N3OS/c1-7-5-8(2)13-10(12-7)15(14)9-3-4-11-6-9/h5,9,11H,3-4,6H2,1-2H3/t9-,15+/m1/s1. The zero-order chi connectivity index (χ0) is 10.8. The number of nitrogens with zero attached hydrogens (tertiary/aromatic N) is 2. The smallest absolute Gasteiger partial charge is 0.219 e. The summed E-state index contributed by atoms with van der Waals surface area (Å²) in [7, 11) is -1.06. The van der Waals surface area contributed by atoms with Crippen molar-refractivity contribution in [2.45, 2.75) is 30.7 Å². The number of aryl methyl sites for hydroxylation is 2. The van der Waals surface area contributed by atoms with Gasteiger partial charge in [-0.25, -0.2) is 9.97 Å². The molecule has 0 amide bonds. The minimum absolute atomic E-state index is 0.172. The van der Waals surface area contributed by atoms with E-state index < -0.39 is 10.8 Å². The fourth-order valence-electron chi connectivity index (χ4n) is 1.74. The molecule has 0 spiro atoms. The molecule has 2 rings (SSSR count). The highest BCUT2D eigenvalue weighted by Crippen LogP contribution is 2.13. The van der Waals surface area contributed by atoms with Crippen LogP contribution in [-0.2, 0) is 10.8 Å². The van der Waals surface area contributed by atoms with E-state index in [0.29, 0.717) is 5.16 Å². The molecular weight excluding hydrogens is 210 g/mol. The van der Waals surface area contributed by atoms with Gasteiger partial charge in [0.1, 0.15) is 0 Å². The van der Waals surface area contributed by atoms with Gasteiger partial charge >= 0.3 is 0 Å². The second-order valence-electron chi connectivity index (χ2n) is 3.85. The zero-order valence-electron chi connectivity index (χ0n) is 8.99. The maximum Gasteiger partial charge on any atom is 0.219 e. The molecule has 0 unspecified atom stereocenters. The number of hydrogen-bond donors (Lipinski definition) is 1. The molecule has 0 aromatic carbocycles. The lowest BCUT2D eigenvalue weighted by Gasteiger charge is -2.07. The third kappa shape index (κ3) is 2.41. The van der Waals surface area contributed by atoms with Crippen molar-refractivity contribution in [3.05, 3.63) is 17.5 Å². The van der Waals surface area contributed by atoms with E-state index in [2.05, 4.69) is 15.3 Å². The Balaban J connectivity index is 2.24. The van der Waals surface area contributed by atoms with Crippen LogP contribution >= 0.6 is 0 Å². The molecule has 1 fully saturated rings. The van der Waals surface area contributed by atoms with Gasteiger partial charge in [-0.3, -0.25) is 4.21 Å². The first-order valence-corrected chi connectivity index (χ1v) is 6.31. The summed E-state index contributed by atoms with van der Waals surface area (Å²) in [5.41, 5.74) is 1.77. The van der Waals surface area contributed by atoms with Gasteiger partial charge in [-0.15, -0.1) is 0 Å². The average Bonchev–Trinajstić information content (AvgIpc) is 2.67. The fourth-order valence-corrected chi connectivity index (χ4v) is 3.11. The molecule has 1 aliphatic heterocycles. The summed E-state index contributed by atoms with van der Waals surface area (Å²) in [5, 5.41) is 3.86. The summed E-state index contributed by atoms with van der Waals surface area (Å²) in [4.78, 5) is 8.48. The second-order valence-corrected chi connectivity index (χ2v) is 5.47. The van der Waals surface area contributed by atoms with Crippen LogP contribution in [0.4, 0.5) is 0 Å². The van der Waals surface area contributed by atoms with Crippen molar-refractivity contribution in [1.29, 1.82) is 0 Å². The fraction of sp³-hybridized carbons (Fsp3) is 0.600. The van der Waals surface area contributed by atoms with Crippen LogP contribution in [0.1, 0.15) is 17.8 Å². The van der Waals surface area contributed by atoms with Crippen LogP contribution in [0.5, 0.6) is 0 Å². The largest absolute Gasteiger partial charge is 0.315 e. The molecule has 5 heteroatoms. The molecule has 1 aliphatic rings. The highest BCUT2D eigenvalue weighted by atomic mass is 32.2. The predicted octanol–water partition coefficient (Wildman–Crippen LogP) is 0.563. The minimum Gasteiger partial charge on any atom is -0.315 e. The molecule has 0 bridgehead atoms. The van der Waals surface area contributed by atoms with E-state index in [0.717, 1.165) is 30.9 Å². The summed E-state index contributed by atoms with van der Waals surface area (Å²) in [6, 6.07) is 1.90. The summed E-state index contributed by atoms with van der Waals surface area (Å²) in [5.74, 6) is 0. The number of aromatic nitrogens is 2. The van der Waals surface area contributed by atoms with Crippen LogP contribution in [0.25, 0.3) is 0 Å². The average molecular weight is 225 g/mol. The van der Waals surface area contributed by atoms with Crippen LogP contribution in [-0.4, -0.2) is 32.5 Å². The van der Waals surface area contributed by atoms with Crippen LogP contribution in [0.2, 0.25) is 0 Å². The molecule has 1 saturated heterocycles. The first-order chi connectivity index (χ1) is 7.16. The van der Waals surface area contributed by atoms with Crippen molar-refractivity contribution in [2.75, 3.05) is 13.1 Å². The Bertz CT molecular complexity index is 368. The zero-order valence-corrected chi connectivity index (χ0v) is 9.80. The van der Waals surface area contributed by atoms with E-state index in [-0.39, 0.29) is 5.25 Å². The van der Waals surface area contributed by atoms with Crippen molar-refractivity contribution < 1.29 is 4.21 Å². The van der Waals surface area contributed by atoms with E-state index in [1.807, 2.05) is 19.9 Å². The Morgan fingerprint density at radius 2 is 2.07 bits per heavy atom. The highest BCUT2D eigenvalue weighted by molar-refractivity contribution is 7.85. The lowest BCUT2D eigenvalue weighted by atomic mass is 10.4. The topological polar surface area (TPSA) is 54.9 Å². The van der Waals surface area contributed by atoms with Crippen molar-refractivity contribution in [3.63, 3.8) is 0 Å². The predicted molar refractivity (Wildman–Crippen MR) is 59.2 cm³/mol. The van der Waals surface area contributed by atoms with Gasteiger partial charge in [0.15, 0.2) is 0 Å². The molecule has 1 aromatic heterocycles. The summed E-state index contributed by atoms with van der Waals surface area (Å²) in [6.07, 6.45) is 0.947. The molecule has 15 heavy (non-hydrogen) atoms. The Labute approximate surface area is 92.0 Å². The quantitative estimate of drug-likeness (QED) is 0.747. The molecule has 1 aromatic rings. The van der Waals surface area contributed by atoms with Crippen LogP contribution in [0.3, 0.4) is 0 Å². The van der Waals surface area contributed by atoms with Crippen molar-refractivity contribution in [3.8, 4) is 0 Å². The lowest BCUT2D eigenvalue weighted by Crippen LogP contribution is -2.20. The third-order valence-electron chi connectivity index (χ3n) is 2.46. The van der Waals surface area contributed by atoms with Crippen molar-refractivity contribution >= 4 is 10.8 Å². The molecule has 0 saturated carbocycles. The number of nitrogens with one attached hydrogen (secondary N) is 1. The first kappa shape index (κ1) is 10.7. The van der Waals surface area contributed by atoms with Gasteiger partial charge in [0.25, 0.3) is 0 Å². The molecule has 4 nitrogen and oxygen atoms in total. The Morgan fingerprint density at radius 3 is 2.60 bits per heavy atom. The van der Waals surface area contributed by atoms with Crippen LogP contribution in [0, 0.1) is 13.8 Å². The Hall–Kier alpha value is -0.810. The monoisotopic (exact) mass is 225 g/mol. The van der Waals surface area contributed by atoms with Gasteiger partial charge in [0.2, 0.25) is 5.16 Å². The second kappa shape index (κ2) is 4.37. The van der Waals surface area contributed by atoms with Gasteiger partial charge in [0.05, 0.1) is 16.0 Å². The molecule has 82 valence electrons. The van der Waals surface area contributed by atoms with Gasteiger partial charge in [-0.2, -0.15) is 0 Å². The number of hydrogen-bond acceptors (Lipinski definition) is 4. The van der Waals surface area contributed by atoms with E-state index in [4.69, 9.17) is 0 Å². The Morgan fingerprint density at radius 1 is 1.40 bits per heavy atom. The maximum atomic E-state index is 12.1. The SMILES string of the molecule is Cc1cc(C)nc([S@@](=O)[C@@H]2CCNC2)n1. The van der Waals surface area contributed by atoms with E-state index >= 15 is 0 Å². The highest BCUT2D eigenvalue weighted by Gasteiger charge is 2.24. The summed E-state index contributed by atoms with van der Waals surface area (Å²) < 4.78 is 12.1. The van der Waals surface area contributed by atoms with Gasteiger partial charge in [0, 0.05) is 17.9 Å². The first-order valence-electron chi connectivity index (χ1n) is 5.10. The van der Waals surface area contributed by atoms with Gasteiger partial charge < -0.3 is 5.32 Å². The normalized spacial score (nSPS) is 22.9. The van der Waals surface area contributed by atoms with Crippen LogP contribution < -0.4 is 5.32 Å². The lowest BCUT2D eigenvalue weighted by molar-refractivity contribution is 0.662. The maximum absolute atomic E-state index is 12.1. The van der Waals surface area contributed by atoms with E-state index in [1.165, 1.54) is 0 Å². The van der Waals surface area contributed by atoms with Crippen molar-refractivity contribution in [1.82, 2.24) is 15.3 Å². The minimum atomic E-state index is -1.06.